The van der Waals surface area contributed by atoms with E-state index in [2.05, 4.69) is 6.07 Å². The number of rotatable bonds is 5. The van der Waals surface area contributed by atoms with Crippen molar-refractivity contribution < 1.29 is 9.53 Å². The largest absolute Gasteiger partial charge is 0.465 e. The lowest BCUT2D eigenvalue weighted by Gasteiger charge is -2.35. The zero-order valence-corrected chi connectivity index (χ0v) is 18.6. The average molecular weight is 430 g/mol. The molecule has 0 amide bonds. The van der Waals surface area contributed by atoms with Gasteiger partial charge in [-0.1, -0.05) is 37.5 Å². The van der Waals surface area contributed by atoms with Crippen LogP contribution in [-0.4, -0.2) is 22.1 Å². The van der Waals surface area contributed by atoms with Gasteiger partial charge in [-0.3, -0.25) is 9.59 Å². The summed E-state index contributed by atoms with van der Waals surface area (Å²) in [5, 5.41) is 9.00. The Hall–Kier alpha value is -3.46. The Morgan fingerprint density at radius 1 is 1.16 bits per heavy atom. The normalized spacial score (nSPS) is 15.3. The summed E-state index contributed by atoms with van der Waals surface area (Å²) in [6.07, 6.45) is 5.00. The Morgan fingerprint density at radius 3 is 2.53 bits per heavy atom. The maximum absolute atomic E-state index is 13.0. The zero-order valence-electron chi connectivity index (χ0n) is 18.6. The Bertz CT molecular complexity index is 1250. The summed E-state index contributed by atoms with van der Waals surface area (Å²) in [4.78, 5) is 30.7. The van der Waals surface area contributed by atoms with Crippen molar-refractivity contribution >= 4 is 17.0 Å². The van der Waals surface area contributed by atoms with Crippen LogP contribution in [-0.2, 0) is 28.4 Å². The second-order valence-electron chi connectivity index (χ2n) is 8.47. The first-order valence-corrected chi connectivity index (χ1v) is 11.1. The SMILES string of the molecule is CCOC(=O)C1(c2ccc3c(c2)nc(Cc2ccc(C#N)cc2)c(=O)n3C)CCCCC1. The number of benzene rings is 2. The lowest BCUT2D eigenvalue weighted by molar-refractivity contribution is -0.151. The topological polar surface area (TPSA) is 85.0 Å². The summed E-state index contributed by atoms with van der Waals surface area (Å²) < 4.78 is 7.09. The number of aryl methyl sites for hydroxylation is 1. The number of carbonyl (C=O) groups excluding carboxylic acids is 1. The molecule has 4 rings (SSSR count). The number of nitrogens with zero attached hydrogens (tertiary/aromatic N) is 3. The van der Waals surface area contributed by atoms with Crippen LogP contribution < -0.4 is 5.56 Å². The molecule has 0 atom stereocenters. The van der Waals surface area contributed by atoms with Gasteiger partial charge in [0.15, 0.2) is 0 Å². The minimum absolute atomic E-state index is 0.146. The highest BCUT2D eigenvalue weighted by Crippen LogP contribution is 2.41. The van der Waals surface area contributed by atoms with E-state index in [4.69, 9.17) is 15.0 Å². The van der Waals surface area contributed by atoms with E-state index in [1.165, 1.54) is 0 Å². The van der Waals surface area contributed by atoms with Gasteiger partial charge in [0.25, 0.3) is 5.56 Å². The van der Waals surface area contributed by atoms with Crippen LogP contribution in [0.1, 0.15) is 61.4 Å². The van der Waals surface area contributed by atoms with Crippen molar-refractivity contribution in [3.63, 3.8) is 0 Å². The predicted molar refractivity (Wildman–Crippen MR) is 122 cm³/mol. The molecule has 0 unspecified atom stereocenters. The molecule has 2 aromatic carbocycles. The highest BCUT2D eigenvalue weighted by Gasteiger charge is 2.42. The highest BCUT2D eigenvalue weighted by molar-refractivity contribution is 5.86. The van der Waals surface area contributed by atoms with Crippen LogP contribution >= 0.6 is 0 Å². The van der Waals surface area contributed by atoms with Gasteiger partial charge in [0.05, 0.1) is 34.7 Å². The monoisotopic (exact) mass is 429 g/mol. The summed E-state index contributed by atoms with van der Waals surface area (Å²) in [5.74, 6) is -0.165. The van der Waals surface area contributed by atoms with Crippen LogP contribution in [0.2, 0.25) is 0 Å². The smallest absolute Gasteiger partial charge is 0.316 e. The molecular weight excluding hydrogens is 402 g/mol. The quantitative estimate of drug-likeness (QED) is 0.569. The minimum atomic E-state index is -0.647. The molecule has 0 saturated heterocycles. The van der Waals surface area contributed by atoms with Crippen LogP contribution in [0.5, 0.6) is 0 Å². The number of nitriles is 1. The summed E-state index contributed by atoms with van der Waals surface area (Å²) in [7, 11) is 1.75. The second kappa shape index (κ2) is 8.96. The number of fused-ring (bicyclic) bond motifs is 1. The van der Waals surface area contributed by atoms with Gasteiger partial charge in [-0.25, -0.2) is 4.98 Å². The third-order valence-corrected chi connectivity index (χ3v) is 6.52. The molecule has 1 saturated carbocycles. The van der Waals surface area contributed by atoms with E-state index in [-0.39, 0.29) is 11.5 Å². The van der Waals surface area contributed by atoms with Gasteiger partial charge in [0.2, 0.25) is 0 Å². The minimum Gasteiger partial charge on any atom is -0.465 e. The van der Waals surface area contributed by atoms with Crippen LogP contribution in [0.4, 0.5) is 0 Å². The van der Waals surface area contributed by atoms with E-state index in [1.807, 2.05) is 37.3 Å². The molecule has 1 fully saturated rings. The standard InChI is InChI=1S/C26H27N3O3/c1-3-32-25(31)26(13-5-4-6-14-26)20-11-12-23-21(16-20)28-22(24(30)29(23)2)15-18-7-9-19(17-27)10-8-18/h7-12,16H,3-6,13-15H2,1-2H3. The molecule has 164 valence electrons. The van der Waals surface area contributed by atoms with Crippen LogP contribution in [0.3, 0.4) is 0 Å². The molecular formula is C26H27N3O3. The fourth-order valence-corrected chi connectivity index (χ4v) is 4.73. The van der Waals surface area contributed by atoms with Gasteiger partial charge in [0.1, 0.15) is 5.69 Å². The van der Waals surface area contributed by atoms with Gasteiger partial charge >= 0.3 is 5.97 Å². The lowest BCUT2D eigenvalue weighted by atomic mass is 9.69. The van der Waals surface area contributed by atoms with Gasteiger partial charge < -0.3 is 9.30 Å². The molecule has 0 spiro atoms. The maximum Gasteiger partial charge on any atom is 0.316 e. The number of hydrogen-bond acceptors (Lipinski definition) is 5. The van der Waals surface area contributed by atoms with Crippen molar-refractivity contribution in [1.29, 1.82) is 5.26 Å². The van der Waals surface area contributed by atoms with E-state index < -0.39 is 5.41 Å². The summed E-state index contributed by atoms with van der Waals surface area (Å²) >= 11 is 0. The Kier molecular flexibility index (Phi) is 6.09. The molecule has 0 radical (unpaired) electrons. The van der Waals surface area contributed by atoms with Crippen LogP contribution in [0.15, 0.2) is 47.3 Å². The van der Waals surface area contributed by atoms with E-state index in [0.29, 0.717) is 29.8 Å². The number of carbonyl (C=O) groups is 1. The van der Waals surface area contributed by atoms with E-state index in [0.717, 1.165) is 48.7 Å². The number of hydrogen-bond donors (Lipinski definition) is 0. The molecule has 32 heavy (non-hydrogen) atoms. The van der Waals surface area contributed by atoms with Gasteiger partial charge in [-0.15, -0.1) is 0 Å². The molecule has 0 N–H and O–H groups in total. The number of aromatic nitrogens is 2. The van der Waals surface area contributed by atoms with E-state index in [1.54, 1.807) is 23.7 Å². The second-order valence-corrected chi connectivity index (χ2v) is 8.47. The van der Waals surface area contributed by atoms with E-state index >= 15 is 0 Å². The molecule has 0 aliphatic heterocycles. The summed E-state index contributed by atoms with van der Waals surface area (Å²) in [6, 6.07) is 15.1. The summed E-state index contributed by atoms with van der Waals surface area (Å²) in [6.45, 7) is 2.19. The first-order chi connectivity index (χ1) is 15.5. The van der Waals surface area contributed by atoms with Gasteiger partial charge in [-0.05, 0) is 55.2 Å². The predicted octanol–water partition coefficient (Wildman–Crippen LogP) is 4.16. The van der Waals surface area contributed by atoms with Crippen LogP contribution in [0.25, 0.3) is 11.0 Å². The lowest BCUT2D eigenvalue weighted by Crippen LogP contribution is -2.39. The molecule has 6 heteroatoms. The Labute approximate surface area is 187 Å². The molecule has 3 aromatic rings. The Morgan fingerprint density at radius 2 is 1.88 bits per heavy atom. The first-order valence-electron chi connectivity index (χ1n) is 11.1. The Balaban J connectivity index is 1.78. The molecule has 1 aromatic heterocycles. The molecule has 1 aliphatic rings. The van der Waals surface area contributed by atoms with Gasteiger partial charge in [0, 0.05) is 13.5 Å². The summed E-state index contributed by atoms with van der Waals surface area (Å²) in [5.41, 5.74) is 3.49. The molecule has 1 aliphatic carbocycles. The van der Waals surface area contributed by atoms with Crippen molar-refractivity contribution in [3.8, 4) is 6.07 Å². The molecule has 6 nitrogen and oxygen atoms in total. The van der Waals surface area contributed by atoms with Crippen molar-refractivity contribution in [2.24, 2.45) is 7.05 Å². The molecule has 1 heterocycles. The fourth-order valence-electron chi connectivity index (χ4n) is 4.73. The third kappa shape index (κ3) is 3.91. The number of esters is 1. The van der Waals surface area contributed by atoms with Gasteiger partial charge in [-0.2, -0.15) is 5.26 Å². The van der Waals surface area contributed by atoms with Crippen LogP contribution in [0, 0.1) is 11.3 Å². The van der Waals surface area contributed by atoms with Crippen molar-refractivity contribution in [3.05, 3.63) is 75.2 Å². The van der Waals surface area contributed by atoms with Crippen molar-refractivity contribution in [2.45, 2.75) is 50.9 Å². The fraction of sp³-hybridized carbons (Fsp3) is 0.385. The highest BCUT2D eigenvalue weighted by atomic mass is 16.5. The number of ether oxygens (including phenoxy) is 1. The van der Waals surface area contributed by atoms with E-state index in [9.17, 15) is 9.59 Å². The van der Waals surface area contributed by atoms with Crippen molar-refractivity contribution in [1.82, 2.24) is 9.55 Å². The third-order valence-electron chi connectivity index (χ3n) is 6.52. The zero-order chi connectivity index (χ0) is 22.7. The van der Waals surface area contributed by atoms with Crippen molar-refractivity contribution in [2.75, 3.05) is 6.61 Å². The molecule has 0 bridgehead atoms. The maximum atomic E-state index is 13.0. The first kappa shape index (κ1) is 21.8. The average Bonchev–Trinajstić information content (AvgIpc) is 2.83.